The van der Waals surface area contributed by atoms with Crippen LogP contribution < -0.4 is 5.32 Å². The molecule has 6 nitrogen and oxygen atoms in total. The molecule has 0 spiro atoms. The number of rotatable bonds is 5. The van der Waals surface area contributed by atoms with E-state index in [1.807, 2.05) is 20.0 Å². The Morgan fingerprint density at radius 3 is 2.77 bits per heavy atom. The van der Waals surface area contributed by atoms with Crippen LogP contribution in [0.4, 0.5) is 14.6 Å². The first-order valence-corrected chi connectivity index (χ1v) is 7.59. The summed E-state index contributed by atoms with van der Waals surface area (Å²) in [6.07, 6.45) is -0.104. The molecule has 0 aliphatic carbocycles. The molecule has 0 unspecified atom stereocenters. The number of nitrogens with zero attached hydrogens (tertiary/aromatic N) is 5. The maximum atomic E-state index is 12.9. The van der Waals surface area contributed by atoms with Crippen LogP contribution in [0.2, 0.25) is 0 Å². The predicted octanol–water partition coefficient (Wildman–Crippen LogP) is 3.39. The Labute approximate surface area is 129 Å². The smallest absolute Gasteiger partial charge is 0.299 e. The van der Waals surface area contributed by atoms with E-state index in [4.69, 9.17) is 0 Å². The summed E-state index contributed by atoms with van der Waals surface area (Å²) < 4.78 is 26.8. The van der Waals surface area contributed by atoms with Crippen molar-refractivity contribution in [2.75, 3.05) is 5.32 Å². The lowest BCUT2D eigenvalue weighted by molar-refractivity contribution is 0.137. The molecule has 3 aromatic rings. The normalized spacial score (nSPS) is 13.0. The van der Waals surface area contributed by atoms with Gasteiger partial charge in [-0.1, -0.05) is 6.92 Å². The molecular formula is C13H14F2N6S. The minimum Gasteiger partial charge on any atom is -0.359 e. The fraction of sp³-hybridized carbons (Fsp3) is 0.385. The number of nitrogens with one attached hydrogen (secondary N) is 1. The number of thiazole rings is 1. The number of hydrogen-bond donors (Lipinski definition) is 1. The maximum absolute atomic E-state index is 12.9. The van der Waals surface area contributed by atoms with Gasteiger partial charge in [0.1, 0.15) is 10.8 Å². The average Bonchev–Trinajstić information content (AvgIpc) is 3.10. The van der Waals surface area contributed by atoms with E-state index in [0.29, 0.717) is 11.5 Å². The van der Waals surface area contributed by atoms with Gasteiger partial charge >= 0.3 is 0 Å². The van der Waals surface area contributed by atoms with E-state index in [1.54, 1.807) is 23.5 Å². The summed E-state index contributed by atoms with van der Waals surface area (Å²) in [6.45, 7) is 4.01. The van der Waals surface area contributed by atoms with Crippen LogP contribution >= 0.6 is 11.3 Å². The number of alkyl halides is 2. The number of fused-ring (bicyclic) bond motifs is 1. The van der Waals surface area contributed by atoms with Gasteiger partial charge < -0.3 is 5.32 Å². The van der Waals surface area contributed by atoms with Gasteiger partial charge in [-0.25, -0.2) is 13.8 Å². The van der Waals surface area contributed by atoms with Crippen LogP contribution in [-0.2, 0) is 0 Å². The second-order valence-corrected chi connectivity index (χ2v) is 6.03. The van der Waals surface area contributed by atoms with Crippen molar-refractivity contribution in [2.45, 2.75) is 32.7 Å². The third-order valence-corrected chi connectivity index (χ3v) is 4.18. The molecule has 22 heavy (non-hydrogen) atoms. The number of hydrogen-bond acceptors (Lipinski definition) is 6. The highest BCUT2D eigenvalue weighted by Crippen LogP contribution is 2.26. The lowest BCUT2D eigenvalue weighted by atomic mass is 10.2. The monoisotopic (exact) mass is 324 g/mol. The molecule has 0 aliphatic rings. The van der Waals surface area contributed by atoms with Gasteiger partial charge in [0.15, 0.2) is 5.65 Å². The van der Waals surface area contributed by atoms with Crippen LogP contribution in [0.25, 0.3) is 5.65 Å². The zero-order valence-electron chi connectivity index (χ0n) is 12.0. The van der Waals surface area contributed by atoms with Crippen molar-refractivity contribution < 1.29 is 8.78 Å². The molecule has 0 radical (unpaired) electrons. The first kappa shape index (κ1) is 14.8. The zero-order valence-corrected chi connectivity index (χ0v) is 12.8. The molecule has 3 heterocycles. The SMILES string of the molecule is CC[C@@H](Nc1ccc2nnc(C(F)F)n2n1)c1ncc(C)s1. The van der Waals surface area contributed by atoms with Gasteiger partial charge in [0.25, 0.3) is 6.43 Å². The van der Waals surface area contributed by atoms with Gasteiger partial charge in [-0.15, -0.1) is 26.6 Å². The van der Waals surface area contributed by atoms with E-state index in [-0.39, 0.29) is 6.04 Å². The summed E-state index contributed by atoms with van der Waals surface area (Å²) in [6, 6.07) is 3.28. The fourth-order valence-corrected chi connectivity index (χ4v) is 2.98. The highest BCUT2D eigenvalue weighted by molar-refractivity contribution is 7.11. The summed E-state index contributed by atoms with van der Waals surface area (Å²) in [5.74, 6) is 0.0192. The Kier molecular flexibility index (Phi) is 3.97. The molecule has 0 aliphatic heterocycles. The number of aryl methyl sites for hydroxylation is 1. The molecule has 0 fully saturated rings. The van der Waals surface area contributed by atoms with Crippen LogP contribution in [0.1, 0.15) is 41.5 Å². The zero-order chi connectivity index (χ0) is 15.7. The first-order valence-electron chi connectivity index (χ1n) is 6.78. The molecular weight excluding hydrogens is 310 g/mol. The van der Waals surface area contributed by atoms with Crippen molar-refractivity contribution in [3.05, 3.63) is 34.0 Å². The van der Waals surface area contributed by atoms with E-state index in [1.165, 1.54) is 0 Å². The Morgan fingerprint density at radius 2 is 2.14 bits per heavy atom. The third-order valence-electron chi connectivity index (χ3n) is 3.15. The molecule has 9 heteroatoms. The minimum absolute atomic E-state index is 0.0184. The molecule has 0 saturated heterocycles. The van der Waals surface area contributed by atoms with Gasteiger partial charge in [-0.3, -0.25) is 0 Å². The quantitative estimate of drug-likeness (QED) is 0.779. The van der Waals surface area contributed by atoms with E-state index in [0.717, 1.165) is 20.8 Å². The molecule has 0 aromatic carbocycles. The lowest BCUT2D eigenvalue weighted by Gasteiger charge is -2.15. The summed E-state index contributed by atoms with van der Waals surface area (Å²) in [5.41, 5.74) is 0.291. The Morgan fingerprint density at radius 1 is 1.32 bits per heavy atom. The highest BCUT2D eigenvalue weighted by atomic mass is 32.1. The van der Waals surface area contributed by atoms with Crippen LogP contribution in [0.5, 0.6) is 0 Å². The van der Waals surface area contributed by atoms with Gasteiger partial charge in [0.2, 0.25) is 5.82 Å². The van der Waals surface area contributed by atoms with E-state index >= 15 is 0 Å². The standard InChI is InChI=1S/C13H14F2N6S/c1-3-8(13-16-6-7(2)22-13)17-9-4-5-10-18-19-12(11(14)15)21(10)20-9/h4-6,8,11H,3H2,1-2H3,(H,17,20)/t8-/m1/s1. The Bertz CT molecular complexity index is 784. The Hall–Kier alpha value is -2.16. The topological polar surface area (TPSA) is 68.0 Å². The summed E-state index contributed by atoms with van der Waals surface area (Å²) in [7, 11) is 0. The van der Waals surface area contributed by atoms with Crippen molar-refractivity contribution in [1.82, 2.24) is 24.8 Å². The molecule has 3 aromatic heterocycles. The number of aromatic nitrogens is 5. The Balaban J connectivity index is 1.90. The molecule has 0 amide bonds. The molecule has 3 rings (SSSR count). The molecule has 1 N–H and O–H groups in total. The van der Waals surface area contributed by atoms with Crippen LogP contribution in [0, 0.1) is 6.92 Å². The minimum atomic E-state index is -2.72. The van der Waals surface area contributed by atoms with Crippen LogP contribution in [-0.4, -0.2) is 24.8 Å². The van der Waals surface area contributed by atoms with Gasteiger partial charge in [0, 0.05) is 11.1 Å². The van der Waals surface area contributed by atoms with Crippen molar-refractivity contribution in [2.24, 2.45) is 0 Å². The van der Waals surface area contributed by atoms with Gasteiger partial charge in [-0.2, -0.15) is 4.52 Å². The second-order valence-electron chi connectivity index (χ2n) is 4.76. The van der Waals surface area contributed by atoms with Crippen molar-refractivity contribution in [1.29, 1.82) is 0 Å². The highest BCUT2D eigenvalue weighted by Gasteiger charge is 2.18. The largest absolute Gasteiger partial charge is 0.359 e. The number of anilines is 1. The van der Waals surface area contributed by atoms with Crippen LogP contribution in [0.3, 0.4) is 0 Å². The fourth-order valence-electron chi connectivity index (χ4n) is 2.07. The second kappa shape index (κ2) is 5.91. The van der Waals surface area contributed by atoms with Crippen molar-refractivity contribution in [3.63, 3.8) is 0 Å². The maximum Gasteiger partial charge on any atom is 0.299 e. The lowest BCUT2D eigenvalue weighted by Crippen LogP contribution is -2.12. The molecule has 116 valence electrons. The van der Waals surface area contributed by atoms with Crippen molar-refractivity contribution in [3.8, 4) is 0 Å². The van der Waals surface area contributed by atoms with Gasteiger partial charge in [-0.05, 0) is 25.5 Å². The number of halogens is 2. The third kappa shape index (κ3) is 2.76. The summed E-state index contributed by atoms with van der Waals surface area (Å²) in [5, 5.41) is 15.5. The average molecular weight is 324 g/mol. The molecule has 0 bridgehead atoms. The predicted molar refractivity (Wildman–Crippen MR) is 79.2 cm³/mol. The molecule has 0 saturated carbocycles. The van der Waals surface area contributed by atoms with Crippen molar-refractivity contribution >= 4 is 22.8 Å². The van der Waals surface area contributed by atoms with E-state index in [2.05, 4.69) is 25.6 Å². The van der Waals surface area contributed by atoms with E-state index in [9.17, 15) is 8.78 Å². The summed E-state index contributed by atoms with van der Waals surface area (Å²) in [4.78, 5) is 5.48. The van der Waals surface area contributed by atoms with Gasteiger partial charge in [0.05, 0.1) is 6.04 Å². The summed E-state index contributed by atoms with van der Waals surface area (Å²) >= 11 is 1.60. The first-order chi connectivity index (χ1) is 10.6. The molecule has 1 atom stereocenters. The van der Waals surface area contributed by atoms with E-state index < -0.39 is 12.2 Å². The van der Waals surface area contributed by atoms with Crippen LogP contribution in [0.15, 0.2) is 18.3 Å².